The molecule has 0 atom stereocenters. The third kappa shape index (κ3) is 6.67. The third-order valence-corrected chi connectivity index (χ3v) is 5.49. The van der Waals surface area contributed by atoms with Crippen LogP contribution in [0.3, 0.4) is 0 Å². The Bertz CT molecular complexity index is 1090. The van der Waals surface area contributed by atoms with Crippen LogP contribution in [0.4, 0.5) is 8.78 Å². The molecule has 0 spiro atoms. The van der Waals surface area contributed by atoms with Crippen LogP contribution in [0.2, 0.25) is 0 Å². The normalized spacial score (nSPS) is 11.5. The molecule has 4 nitrogen and oxygen atoms in total. The molecule has 0 aliphatic rings. The smallest absolute Gasteiger partial charge is 0.333 e. The molecule has 33 heavy (non-hydrogen) atoms. The van der Waals surface area contributed by atoms with E-state index in [0.717, 1.165) is 28.7 Å². The van der Waals surface area contributed by atoms with Gasteiger partial charge in [0.1, 0.15) is 5.75 Å². The molecule has 0 unspecified atom stereocenters. The summed E-state index contributed by atoms with van der Waals surface area (Å²) in [6.45, 7) is 8.08. The first-order chi connectivity index (χ1) is 15.8. The van der Waals surface area contributed by atoms with Crippen molar-refractivity contribution in [3.63, 3.8) is 0 Å². The number of rotatable bonds is 12. The zero-order valence-electron chi connectivity index (χ0n) is 19.3. The number of carbonyl (C=O) groups is 1. The average Bonchev–Trinajstić information content (AvgIpc) is 3.18. The lowest BCUT2D eigenvalue weighted by Gasteiger charge is -2.16. The van der Waals surface area contributed by atoms with Crippen molar-refractivity contribution in [1.29, 1.82) is 0 Å². The van der Waals surface area contributed by atoms with E-state index < -0.39 is 11.9 Å². The summed E-state index contributed by atoms with van der Waals surface area (Å²) in [5, 5.41) is 1.11. The molecule has 0 aliphatic carbocycles. The summed E-state index contributed by atoms with van der Waals surface area (Å²) >= 11 is 0. The molecule has 1 aromatic heterocycles. The van der Waals surface area contributed by atoms with Crippen molar-refractivity contribution in [2.24, 2.45) is 0 Å². The zero-order chi connectivity index (χ0) is 23.8. The molecule has 1 heterocycles. The maximum atomic E-state index is 14.1. The molecular weight excluding hydrogens is 424 g/mol. The van der Waals surface area contributed by atoms with Crippen LogP contribution in [-0.2, 0) is 16.1 Å². The van der Waals surface area contributed by atoms with Gasteiger partial charge in [0.15, 0.2) is 0 Å². The van der Waals surface area contributed by atoms with Crippen molar-refractivity contribution in [2.45, 2.75) is 52.0 Å². The molecule has 0 radical (unpaired) electrons. The number of halogens is 2. The number of hydrogen-bond donors (Lipinski definition) is 0. The van der Waals surface area contributed by atoms with Crippen molar-refractivity contribution < 1.29 is 23.0 Å². The Morgan fingerprint density at radius 2 is 1.73 bits per heavy atom. The first-order valence-corrected chi connectivity index (χ1v) is 11.3. The van der Waals surface area contributed by atoms with Crippen molar-refractivity contribution in [2.75, 3.05) is 13.2 Å². The highest BCUT2D eigenvalue weighted by molar-refractivity contribution is 5.88. The highest BCUT2D eigenvalue weighted by Gasteiger charge is 2.27. The summed E-state index contributed by atoms with van der Waals surface area (Å²) in [6.07, 6.45) is -0.246. The predicted molar refractivity (Wildman–Crippen MR) is 128 cm³/mol. The summed E-state index contributed by atoms with van der Waals surface area (Å²) in [4.78, 5) is 11.3. The number of hydrogen-bond acceptors (Lipinski definition) is 3. The van der Waals surface area contributed by atoms with Crippen LogP contribution in [0.1, 0.15) is 39.5 Å². The molecule has 3 rings (SSSR count). The number of carbonyl (C=O) groups excluding carboxylic acids is 1. The van der Waals surface area contributed by atoms with Gasteiger partial charge < -0.3 is 14.0 Å². The Morgan fingerprint density at radius 1 is 1.03 bits per heavy atom. The quantitative estimate of drug-likeness (QED) is 0.167. The molecule has 0 saturated heterocycles. The molecule has 3 aromatic rings. The van der Waals surface area contributed by atoms with E-state index in [2.05, 4.69) is 36.3 Å². The van der Waals surface area contributed by atoms with E-state index in [0.29, 0.717) is 5.75 Å². The van der Waals surface area contributed by atoms with Crippen molar-refractivity contribution in [3.8, 4) is 17.0 Å². The van der Waals surface area contributed by atoms with Crippen LogP contribution < -0.4 is 4.74 Å². The first-order valence-electron chi connectivity index (χ1n) is 11.3. The Morgan fingerprint density at radius 3 is 2.39 bits per heavy atom. The standard InChI is InChI=1S/C27H31F2NO3/c1-4-30-24(21-10-6-5-7-11-21)18-22-12-13-23(19-25(22)30)32-16-8-14-27(28,29)15-9-17-33-26(31)20(2)3/h5-7,10-13,18-19H,2,4,8-9,14-17H2,1,3H3. The molecule has 2 aromatic carbocycles. The molecule has 0 fully saturated rings. The molecule has 0 bridgehead atoms. The Hall–Kier alpha value is -3.15. The fourth-order valence-corrected chi connectivity index (χ4v) is 3.78. The monoisotopic (exact) mass is 455 g/mol. The van der Waals surface area contributed by atoms with Crippen molar-refractivity contribution >= 4 is 16.9 Å². The van der Waals surface area contributed by atoms with Gasteiger partial charge in [-0.05, 0) is 50.5 Å². The minimum Gasteiger partial charge on any atom is -0.494 e. The van der Waals surface area contributed by atoms with Crippen LogP contribution in [0, 0.1) is 0 Å². The molecule has 176 valence electrons. The SMILES string of the molecule is C=C(C)C(=O)OCCCC(F)(F)CCCOc1ccc2cc(-c3ccccc3)n(CC)c2c1. The molecule has 0 saturated carbocycles. The van der Waals surface area contributed by atoms with Crippen LogP contribution in [0.25, 0.3) is 22.2 Å². The largest absolute Gasteiger partial charge is 0.494 e. The van der Waals surface area contributed by atoms with Gasteiger partial charge in [0.2, 0.25) is 5.92 Å². The van der Waals surface area contributed by atoms with Crippen LogP contribution in [0.5, 0.6) is 5.75 Å². The third-order valence-electron chi connectivity index (χ3n) is 5.49. The fourth-order valence-electron chi connectivity index (χ4n) is 3.78. The highest BCUT2D eigenvalue weighted by Crippen LogP contribution is 2.31. The van der Waals surface area contributed by atoms with E-state index in [4.69, 9.17) is 9.47 Å². The number of aromatic nitrogens is 1. The lowest BCUT2D eigenvalue weighted by Crippen LogP contribution is -2.18. The van der Waals surface area contributed by atoms with Crippen LogP contribution >= 0.6 is 0 Å². The number of aryl methyl sites for hydroxylation is 1. The molecular formula is C27H31F2NO3. The minimum atomic E-state index is -2.82. The maximum absolute atomic E-state index is 14.1. The summed E-state index contributed by atoms with van der Waals surface area (Å²) in [7, 11) is 0. The van der Waals surface area contributed by atoms with E-state index in [1.807, 2.05) is 36.4 Å². The Kier molecular flexibility index (Phi) is 8.26. The van der Waals surface area contributed by atoms with Gasteiger partial charge in [-0.2, -0.15) is 0 Å². The van der Waals surface area contributed by atoms with E-state index in [-0.39, 0.29) is 44.5 Å². The second kappa shape index (κ2) is 11.1. The van der Waals surface area contributed by atoms with Crippen molar-refractivity contribution in [3.05, 3.63) is 66.7 Å². The predicted octanol–water partition coefficient (Wildman–Crippen LogP) is 7.02. The summed E-state index contributed by atoms with van der Waals surface area (Å²) in [6, 6.07) is 18.2. The average molecular weight is 456 g/mol. The highest BCUT2D eigenvalue weighted by atomic mass is 19.3. The Balaban J connectivity index is 1.52. The maximum Gasteiger partial charge on any atom is 0.333 e. The summed E-state index contributed by atoms with van der Waals surface area (Å²) < 4.78 is 41.1. The van der Waals surface area contributed by atoms with Gasteiger partial charge in [0, 0.05) is 42.1 Å². The second-order valence-corrected chi connectivity index (χ2v) is 8.19. The molecule has 6 heteroatoms. The zero-order valence-corrected chi connectivity index (χ0v) is 19.3. The topological polar surface area (TPSA) is 40.5 Å². The van der Waals surface area contributed by atoms with Gasteiger partial charge in [-0.25, -0.2) is 13.6 Å². The van der Waals surface area contributed by atoms with Gasteiger partial charge >= 0.3 is 5.97 Å². The minimum absolute atomic E-state index is 0.0279. The number of ether oxygens (including phenoxy) is 2. The molecule has 0 amide bonds. The Labute approximate surface area is 193 Å². The van der Waals surface area contributed by atoms with Gasteiger partial charge in [0.05, 0.1) is 18.7 Å². The number of esters is 1. The van der Waals surface area contributed by atoms with E-state index >= 15 is 0 Å². The second-order valence-electron chi connectivity index (χ2n) is 8.19. The lowest BCUT2D eigenvalue weighted by molar-refractivity contribution is -0.139. The summed E-state index contributed by atoms with van der Waals surface area (Å²) in [5.41, 5.74) is 3.61. The number of alkyl halides is 2. The van der Waals surface area contributed by atoms with Crippen molar-refractivity contribution in [1.82, 2.24) is 4.57 Å². The fraction of sp³-hybridized carbons (Fsp3) is 0.370. The van der Waals surface area contributed by atoms with E-state index in [1.165, 1.54) is 6.92 Å². The van der Waals surface area contributed by atoms with Gasteiger partial charge in [-0.3, -0.25) is 0 Å². The number of nitrogens with zero attached hydrogens (tertiary/aromatic N) is 1. The van der Waals surface area contributed by atoms with E-state index in [1.54, 1.807) is 0 Å². The van der Waals surface area contributed by atoms with Gasteiger partial charge in [0.25, 0.3) is 0 Å². The number of benzene rings is 2. The number of fused-ring (bicyclic) bond motifs is 1. The molecule has 0 aliphatic heterocycles. The lowest BCUT2D eigenvalue weighted by atomic mass is 10.1. The van der Waals surface area contributed by atoms with E-state index in [9.17, 15) is 13.6 Å². The van der Waals surface area contributed by atoms with Crippen LogP contribution in [0.15, 0.2) is 66.7 Å². The summed E-state index contributed by atoms with van der Waals surface area (Å²) in [5.74, 6) is -2.69. The molecule has 0 N–H and O–H groups in total. The first kappa shape index (κ1) is 24.5. The van der Waals surface area contributed by atoms with Crippen LogP contribution in [-0.4, -0.2) is 29.7 Å². The van der Waals surface area contributed by atoms with Gasteiger partial charge in [-0.15, -0.1) is 0 Å². The van der Waals surface area contributed by atoms with Gasteiger partial charge in [-0.1, -0.05) is 36.9 Å².